The van der Waals surface area contributed by atoms with Crippen LogP contribution in [0.15, 0.2) is 53.0 Å². The van der Waals surface area contributed by atoms with E-state index in [1.807, 2.05) is 55.5 Å². The van der Waals surface area contributed by atoms with E-state index < -0.39 is 0 Å². The molecular formula is C17H19BrN2O2. The number of nitrogens with one attached hydrogen (secondary N) is 2. The Morgan fingerprint density at radius 1 is 1.14 bits per heavy atom. The van der Waals surface area contributed by atoms with E-state index >= 15 is 0 Å². The minimum atomic E-state index is -0.234. The molecule has 5 heteroatoms. The number of urea groups is 1. The predicted octanol–water partition coefficient (Wildman–Crippen LogP) is 3.64. The van der Waals surface area contributed by atoms with Gasteiger partial charge in [-0.2, -0.15) is 0 Å². The lowest BCUT2D eigenvalue weighted by molar-refractivity contribution is 0.224. The Kier molecular flexibility index (Phi) is 6.27. The van der Waals surface area contributed by atoms with Gasteiger partial charge in [-0.05, 0) is 43.2 Å². The van der Waals surface area contributed by atoms with Crippen LogP contribution in [0.2, 0.25) is 0 Å². The first-order chi connectivity index (χ1) is 10.6. The quantitative estimate of drug-likeness (QED) is 0.770. The van der Waals surface area contributed by atoms with Crippen molar-refractivity contribution in [3.05, 3.63) is 64.1 Å². The van der Waals surface area contributed by atoms with Crippen LogP contribution >= 0.6 is 15.9 Å². The van der Waals surface area contributed by atoms with Crippen molar-refractivity contribution in [2.75, 3.05) is 13.3 Å². The van der Waals surface area contributed by atoms with Crippen molar-refractivity contribution in [3.63, 3.8) is 0 Å². The molecule has 116 valence electrons. The molecular weight excluding hydrogens is 344 g/mol. The molecule has 4 nitrogen and oxygen atoms in total. The van der Waals surface area contributed by atoms with Gasteiger partial charge in [-0.15, -0.1) is 0 Å². The molecule has 2 amide bonds. The molecule has 2 aromatic carbocycles. The molecule has 0 heterocycles. The van der Waals surface area contributed by atoms with Gasteiger partial charge in [0.1, 0.15) is 5.75 Å². The summed E-state index contributed by atoms with van der Waals surface area (Å²) in [6, 6.07) is 15.5. The maximum atomic E-state index is 11.6. The lowest BCUT2D eigenvalue weighted by Crippen LogP contribution is -2.38. The molecule has 22 heavy (non-hydrogen) atoms. The van der Waals surface area contributed by atoms with E-state index in [1.165, 1.54) is 11.1 Å². The molecule has 0 aliphatic heterocycles. The van der Waals surface area contributed by atoms with Crippen LogP contribution in [0.25, 0.3) is 0 Å². The summed E-state index contributed by atoms with van der Waals surface area (Å²) in [6.07, 6.45) is 0.783. The maximum absolute atomic E-state index is 11.6. The Balaban J connectivity index is 1.62. The highest BCUT2D eigenvalue weighted by molar-refractivity contribution is 9.10. The van der Waals surface area contributed by atoms with Crippen molar-refractivity contribution in [2.45, 2.75) is 13.3 Å². The third-order valence-corrected chi connectivity index (χ3v) is 3.57. The Morgan fingerprint density at radius 3 is 2.64 bits per heavy atom. The fourth-order valence-corrected chi connectivity index (χ4v) is 2.34. The van der Waals surface area contributed by atoms with Crippen molar-refractivity contribution in [2.24, 2.45) is 0 Å². The van der Waals surface area contributed by atoms with Crippen molar-refractivity contribution in [1.82, 2.24) is 10.6 Å². The number of hydrogen-bond donors (Lipinski definition) is 2. The number of carbonyl (C=O) groups excluding carboxylic acids is 1. The van der Waals surface area contributed by atoms with E-state index in [0.29, 0.717) is 6.54 Å². The number of rotatable bonds is 6. The fraction of sp³-hybridized carbons (Fsp3) is 0.235. The Hall–Kier alpha value is -2.01. The second-order valence-corrected chi connectivity index (χ2v) is 5.83. The average molecular weight is 363 g/mol. The first kappa shape index (κ1) is 16.4. The largest absolute Gasteiger partial charge is 0.473 e. The monoisotopic (exact) mass is 362 g/mol. The fourth-order valence-electron chi connectivity index (χ4n) is 1.89. The second kappa shape index (κ2) is 8.44. The van der Waals surface area contributed by atoms with Crippen LogP contribution in [0.5, 0.6) is 5.75 Å². The van der Waals surface area contributed by atoms with Crippen LogP contribution in [0.1, 0.15) is 11.1 Å². The first-order valence-corrected chi connectivity index (χ1v) is 7.88. The van der Waals surface area contributed by atoms with Crippen LogP contribution in [0, 0.1) is 6.92 Å². The summed E-state index contributed by atoms with van der Waals surface area (Å²) in [5, 5.41) is 5.46. The van der Waals surface area contributed by atoms with Gasteiger partial charge in [-0.25, -0.2) is 4.79 Å². The lowest BCUT2D eigenvalue weighted by atomic mass is 10.1. The van der Waals surface area contributed by atoms with E-state index in [0.717, 1.165) is 16.6 Å². The summed E-state index contributed by atoms with van der Waals surface area (Å²) in [5.41, 5.74) is 2.34. The van der Waals surface area contributed by atoms with Gasteiger partial charge in [0, 0.05) is 11.0 Å². The number of halogens is 1. The minimum absolute atomic E-state index is 0.145. The topological polar surface area (TPSA) is 50.4 Å². The molecule has 0 aromatic heterocycles. The molecule has 0 saturated carbocycles. The second-order valence-electron chi connectivity index (χ2n) is 4.91. The zero-order chi connectivity index (χ0) is 15.8. The van der Waals surface area contributed by atoms with E-state index in [-0.39, 0.29) is 12.8 Å². The molecule has 0 aliphatic rings. The summed E-state index contributed by atoms with van der Waals surface area (Å²) in [5.74, 6) is 0.736. The molecule has 0 radical (unpaired) electrons. The Morgan fingerprint density at radius 2 is 1.91 bits per heavy atom. The predicted molar refractivity (Wildman–Crippen MR) is 91.1 cm³/mol. The SMILES string of the molecule is Cc1ccc(OCNC(=O)NCCc2cccc(Br)c2)cc1. The highest BCUT2D eigenvalue weighted by Crippen LogP contribution is 2.12. The summed E-state index contributed by atoms with van der Waals surface area (Å²) in [4.78, 5) is 11.6. The molecule has 0 aliphatic carbocycles. The van der Waals surface area contributed by atoms with Crippen LogP contribution in [-0.2, 0) is 6.42 Å². The molecule has 0 spiro atoms. The van der Waals surface area contributed by atoms with Crippen LogP contribution < -0.4 is 15.4 Å². The van der Waals surface area contributed by atoms with Gasteiger partial charge in [-0.3, -0.25) is 0 Å². The van der Waals surface area contributed by atoms with Gasteiger partial charge in [0.15, 0.2) is 6.73 Å². The maximum Gasteiger partial charge on any atom is 0.317 e. The molecule has 0 bridgehead atoms. The number of carbonyl (C=O) groups is 1. The number of aryl methyl sites for hydroxylation is 1. The number of benzene rings is 2. The summed E-state index contributed by atoms with van der Waals surface area (Å²) in [7, 11) is 0. The highest BCUT2D eigenvalue weighted by Gasteiger charge is 2.00. The summed E-state index contributed by atoms with van der Waals surface area (Å²) >= 11 is 3.43. The summed E-state index contributed by atoms with van der Waals surface area (Å²) < 4.78 is 6.48. The van der Waals surface area contributed by atoms with Crippen molar-refractivity contribution in [3.8, 4) is 5.75 Å². The Labute approximate surface area is 139 Å². The number of amides is 2. The average Bonchev–Trinajstić information content (AvgIpc) is 2.49. The zero-order valence-corrected chi connectivity index (χ0v) is 14.0. The van der Waals surface area contributed by atoms with Crippen LogP contribution in [-0.4, -0.2) is 19.3 Å². The van der Waals surface area contributed by atoms with Gasteiger partial charge < -0.3 is 15.4 Å². The van der Waals surface area contributed by atoms with Gasteiger partial charge >= 0.3 is 6.03 Å². The van der Waals surface area contributed by atoms with Gasteiger partial charge in [0.25, 0.3) is 0 Å². The molecule has 0 atom stereocenters. The minimum Gasteiger partial charge on any atom is -0.473 e. The lowest BCUT2D eigenvalue weighted by Gasteiger charge is -2.09. The molecule has 0 fully saturated rings. The van der Waals surface area contributed by atoms with Gasteiger partial charge in [0.2, 0.25) is 0 Å². The highest BCUT2D eigenvalue weighted by atomic mass is 79.9. The smallest absolute Gasteiger partial charge is 0.317 e. The van der Waals surface area contributed by atoms with Crippen LogP contribution in [0.4, 0.5) is 4.79 Å². The van der Waals surface area contributed by atoms with E-state index in [2.05, 4.69) is 26.6 Å². The summed E-state index contributed by atoms with van der Waals surface area (Å²) in [6.45, 7) is 2.74. The molecule has 0 saturated heterocycles. The van der Waals surface area contributed by atoms with E-state index in [4.69, 9.17) is 4.74 Å². The Bertz CT molecular complexity index is 614. The van der Waals surface area contributed by atoms with E-state index in [1.54, 1.807) is 0 Å². The van der Waals surface area contributed by atoms with Crippen LogP contribution in [0.3, 0.4) is 0 Å². The van der Waals surface area contributed by atoms with Crippen molar-refractivity contribution < 1.29 is 9.53 Å². The molecule has 2 aromatic rings. The first-order valence-electron chi connectivity index (χ1n) is 7.09. The number of hydrogen-bond acceptors (Lipinski definition) is 2. The molecule has 0 unspecified atom stereocenters. The van der Waals surface area contributed by atoms with E-state index in [9.17, 15) is 4.79 Å². The van der Waals surface area contributed by atoms with Gasteiger partial charge in [-0.1, -0.05) is 45.8 Å². The molecule has 2 rings (SSSR count). The third-order valence-electron chi connectivity index (χ3n) is 3.08. The normalized spacial score (nSPS) is 10.1. The van der Waals surface area contributed by atoms with Crippen molar-refractivity contribution >= 4 is 22.0 Å². The third kappa shape index (κ3) is 5.77. The zero-order valence-electron chi connectivity index (χ0n) is 12.4. The standard InChI is InChI=1S/C17H19BrN2O2/c1-13-5-7-16(8-6-13)22-12-20-17(21)19-10-9-14-3-2-4-15(18)11-14/h2-8,11H,9-10,12H2,1H3,(H2,19,20,21). The van der Waals surface area contributed by atoms with Gasteiger partial charge in [0.05, 0.1) is 0 Å². The van der Waals surface area contributed by atoms with Crippen molar-refractivity contribution in [1.29, 1.82) is 0 Å². The number of ether oxygens (including phenoxy) is 1. The molecule has 2 N–H and O–H groups in total.